The summed E-state index contributed by atoms with van der Waals surface area (Å²) in [5.41, 5.74) is 5.55. The van der Waals surface area contributed by atoms with Crippen LogP contribution in [0.3, 0.4) is 0 Å². The first kappa shape index (κ1) is 11.0. The Hall–Kier alpha value is -1.52. The number of nitrogen functional groups attached to an aromatic ring is 1. The Morgan fingerprint density at radius 3 is 2.75 bits per heavy atom. The first-order valence-electron chi connectivity index (χ1n) is 4.36. The van der Waals surface area contributed by atoms with Gasteiger partial charge in [0.15, 0.2) is 0 Å². The van der Waals surface area contributed by atoms with Gasteiger partial charge in [-0.1, -0.05) is 23.2 Å². The molecular formula is C10H7Cl2N3O. The van der Waals surface area contributed by atoms with E-state index in [1.54, 1.807) is 24.5 Å². The predicted octanol–water partition coefficient (Wildman–Crippen LogP) is 3.16. The number of rotatable bonds is 2. The zero-order valence-electron chi connectivity index (χ0n) is 8.02. The van der Waals surface area contributed by atoms with Gasteiger partial charge in [0.1, 0.15) is 16.6 Å². The number of ether oxygens (including phenoxy) is 1. The fourth-order valence-electron chi connectivity index (χ4n) is 1.05. The van der Waals surface area contributed by atoms with Crippen molar-refractivity contribution in [3.05, 3.63) is 40.6 Å². The van der Waals surface area contributed by atoms with Crippen LogP contribution < -0.4 is 10.5 Å². The third-order valence-corrected chi connectivity index (χ3v) is 2.35. The molecule has 0 fully saturated rings. The van der Waals surface area contributed by atoms with E-state index in [0.717, 1.165) is 0 Å². The van der Waals surface area contributed by atoms with E-state index < -0.39 is 0 Å². The summed E-state index contributed by atoms with van der Waals surface area (Å²) < 4.78 is 5.40. The SMILES string of the molecule is Nc1nc(Oc2cccnc2)c(Cl)cc1Cl. The van der Waals surface area contributed by atoms with Gasteiger partial charge in [-0.25, -0.2) is 0 Å². The maximum atomic E-state index is 5.90. The van der Waals surface area contributed by atoms with Crippen molar-refractivity contribution in [1.82, 2.24) is 9.97 Å². The van der Waals surface area contributed by atoms with Crippen molar-refractivity contribution in [2.75, 3.05) is 5.73 Å². The molecule has 0 saturated carbocycles. The van der Waals surface area contributed by atoms with Gasteiger partial charge in [-0.15, -0.1) is 0 Å². The lowest BCUT2D eigenvalue weighted by atomic mass is 10.4. The van der Waals surface area contributed by atoms with Crippen molar-refractivity contribution in [3.8, 4) is 11.6 Å². The molecule has 0 bridgehead atoms. The summed E-state index contributed by atoms with van der Waals surface area (Å²) in [6, 6.07) is 4.95. The maximum Gasteiger partial charge on any atom is 0.240 e. The summed E-state index contributed by atoms with van der Waals surface area (Å²) in [4.78, 5) is 7.83. The van der Waals surface area contributed by atoms with Crippen molar-refractivity contribution in [2.45, 2.75) is 0 Å². The number of nitrogens with two attached hydrogens (primary N) is 1. The van der Waals surface area contributed by atoms with Gasteiger partial charge < -0.3 is 10.5 Å². The number of hydrogen-bond donors (Lipinski definition) is 1. The molecule has 82 valence electrons. The van der Waals surface area contributed by atoms with Crippen molar-refractivity contribution >= 4 is 29.0 Å². The van der Waals surface area contributed by atoms with Crippen LogP contribution in [-0.4, -0.2) is 9.97 Å². The smallest absolute Gasteiger partial charge is 0.240 e. The second-order valence-electron chi connectivity index (χ2n) is 2.93. The summed E-state index contributed by atoms with van der Waals surface area (Å²) >= 11 is 11.7. The van der Waals surface area contributed by atoms with E-state index in [4.69, 9.17) is 33.7 Å². The fraction of sp³-hybridized carbons (Fsp3) is 0. The molecule has 0 aromatic carbocycles. The largest absolute Gasteiger partial charge is 0.436 e. The zero-order valence-corrected chi connectivity index (χ0v) is 9.53. The van der Waals surface area contributed by atoms with Crippen LogP contribution in [0, 0.1) is 0 Å². The van der Waals surface area contributed by atoms with Crippen LogP contribution in [0.25, 0.3) is 0 Å². The number of anilines is 1. The minimum atomic E-state index is 0.171. The summed E-state index contributed by atoms with van der Waals surface area (Å²) in [6.07, 6.45) is 3.18. The van der Waals surface area contributed by atoms with E-state index in [1.807, 2.05) is 0 Å². The van der Waals surface area contributed by atoms with Crippen molar-refractivity contribution in [3.63, 3.8) is 0 Å². The Morgan fingerprint density at radius 2 is 2.06 bits per heavy atom. The van der Waals surface area contributed by atoms with Crippen LogP contribution in [0.2, 0.25) is 10.0 Å². The molecule has 16 heavy (non-hydrogen) atoms. The van der Waals surface area contributed by atoms with E-state index in [1.165, 1.54) is 6.07 Å². The van der Waals surface area contributed by atoms with Crippen LogP contribution in [0.4, 0.5) is 5.82 Å². The fourth-order valence-corrected chi connectivity index (χ4v) is 1.45. The molecule has 2 N–H and O–H groups in total. The first-order chi connectivity index (χ1) is 7.66. The van der Waals surface area contributed by atoms with E-state index in [0.29, 0.717) is 15.8 Å². The molecule has 0 atom stereocenters. The lowest BCUT2D eigenvalue weighted by Gasteiger charge is -2.07. The highest BCUT2D eigenvalue weighted by Gasteiger charge is 2.09. The van der Waals surface area contributed by atoms with Gasteiger partial charge in [-0.2, -0.15) is 4.98 Å². The molecule has 0 aliphatic rings. The second-order valence-corrected chi connectivity index (χ2v) is 3.75. The lowest BCUT2D eigenvalue weighted by molar-refractivity contribution is 0.462. The number of hydrogen-bond acceptors (Lipinski definition) is 4. The van der Waals surface area contributed by atoms with Crippen LogP contribution in [-0.2, 0) is 0 Å². The summed E-state index contributed by atoms with van der Waals surface area (Å²) in [5, 5.41) is 0.589. The molecule has 2 rings (SSSR count). The third-order valence-electron chi connectivity index (χ3n) is 1.77. The van der Waals surface area contributed by atoms with Gasteiger partial charge in [0, 0.05) is 6.20 Å². The molecule has 0 spiro atoms. The Morgan fingerprint density at radius 1 is 1.25 bits per heavy atom. The number of pyridine rings is 2. The topological polar surface area (TPSA) is 61.0 Å². The molecule has 2 aromatic heterocycles. The van der Waals surface area contributed by atoms with Crippen LogP contribution in [0.1, 0.15) is 0 Å². The van der Waals surface area contributed by atoms with Crippen LogP contribution >= 0.6 is 23.2 Å². The molecule has 0 radical (unpaired) electrons. The highest BCUT2D eigenvalue weighted by molar-refractivity contribution is 6.36. The summed E-state index contributed by atoms with van der Waals surface area (Å²) in [5.74, 6) is 0.903. The summed E-state index contributed by atoms with van der Waals surface area (Å²) in [6.45, 7) is 0. The number of nitrogens with zero attached hydrogens (tertiary/aromatic N) is 2. The van der Waals surface area contributed by atoms with E-state index in [-0.39, 0.29) is 11.7 Å². The van der Waals surface area contributed by atoms with Gasteiger partial charge in [0.25, 0.3) is 0 Å². The molecule has 0 amide bonds. The standard InChI is InChI=1S/C10H7Cl2N3O/c11-7-4-8(12)10(15-9(7)13)16-6-2-1-3-14-5-6/h1-5H,(H2,13,15). The average molecular weight is 256 g/mol. The average Bonchev–Trinajstić information content (AvgIpc) is 2.27. The van der Waals surface area contributed by atoms with Gasteiger partial charge >= 0.3 is 0 Å². The Labute approximate surface area is 102 Å². The first-order valence-corrected chi connectivity index (χ1v) is 5.12. The van der Waals surface area contributed by atoms with Crippen LogP contribution in [0.15, 0.2) is 30.6 Å². The van der Waals surface area contributed by atoms with Gasteiger partial charge in [0.05, 0.1) is 11.2 Å². The number of aromatic nitrogens is 2. The Bertz CT molecular complexity index is 505. The minimum absolute atomic E-state index is 0.171. The molecule has 0 aliphatic carbocycles. The van der Waals surface area contributed by atoms with Gasteiger partial charge in [-0.05, 0) is 18.2 Å². The minimum Gasteiger partial charge on any atom is -0.436 e. The van der Waals surface area contributed by atoms with E-state index in [9.17, 15) is 0 Å². The van der Waals surface area contributed by atoms with Crippen molar-refractivity contribution in [2.24, 2.45) is 0 Å². The molecule has 0 saturated heterocycles. The van der Waals surface area contributed by atoms with E-state index in [2.05, 4.69) is 9.97 Å². The number of halogens is 2. The normalized spacial score (nSPS) is 10.1. The summed E-state index contributed by atoms with van der Waals surface area (Å²) in [7, 11) is 0. The van der Waals surface area contributed by atoms with Gasteiger partial charge in [-0.3, -0.25) is 4.98 Å². The monoisotopic (exact) mass is 255 g/mol. The van der Waals surface area contributed by atoms with Crippen molar-refractivity contribution < 1.29 is 4.74 Å². The third kappa shape index (κ3) is 2.35. The highest BCUT2D eigenvalue weighted by atomic mass is 35.5. The zero-order chi connectivity index (χ0) is 11.5. The molecule has 0 aliphatic heterocycles. The Balaban J connectivity index is 2.32. The van der Waals surface area contributed by atoms with Crippen molar-refractivity contribution in [1.29, 1.82) is 0 Å². The predicted molar refractivity (Wildman–Crippen MR) is 63.0 cm³/mol. The van der Waals surface area contributed by atoms with Crippen LogP contribution in [0.5, 0.6) is 11.6 Å². The lowest BCUT2D eigenvalue weighted by Crippen LogP contribution is -1.95. The molecule has 6 heteroatoms. The molecule has 2 heterocycles. The quantitative estimate of drug-likeness (QED) is 0.896. The molecule has 4 nitrogen and oxygen atoms in total. The molecular weight excluding hydrogens is 249 g/mol. The maximum absolute atomic E-state index is 5.90. The van der Waals surface area contributed by atoms with E-state index >= 15 is 0 Å². The molecule has 2 aromatic rings. The molecule has 0 unspecified atom stereocenters. The van der Waals surface area contributed by atoms with Gasteiger partial charge in [0.2, 0.25) is 5.88 Å². The Kier molecular flexibility index (Phi) is 3.12. The second kappa shape index (κ2) is 4.55. The highest BCUT2D eigenvalue weighted by Crippen LogP contribution is 2.31.